The highest BCUT2D eigenvalue weighted by molar-refractivity contribution is 5.73. The molecule has 19 heavy (non-hydrogen) atoms. The minimum atomic E-state index is -4.45. The molecule has 0 fully saturated rings. The van der Waals surface area contributed by atoms with E-state index in [1.807, 2.05) is 0 Å². The zero-order valence-electron chi connectivity index (χ0n) is 10.4. The van der Waals surface area contributed by atoms with Crippen molar-refractivity contribution in [3.05, 3.63) is 35.4 Å². The molecular weight excluding hydrogens is 259 g/mol. The lowest BCUT2D eigenvalue weighted by atomic mass is 9.87. The van der Waals surface area contributed by atoms with E-state index in [4.69, 9.17) is 10.8 Å². The van der Waals surface area contributed by atoms with Crippen LogP contribution in [-0.4, -0.2) is 17.1 Å². The van der Waals surface area contributed by atoms with Crippen LogP contribution in [0.15, 0.2) is 24.3 Å². The second kappa shape index (κ2) is 6.06. The first kappa shape index (κ1) is 15.5. The van der Waals surface area contributed by atoms with Gasteiger partial charge < -0.3 is 10.8 Å². The minimum Gasteiger partial charge on any atom is -0.480 e. The van der Waals surface area contributed by atoms with Crippen LogP contribution in [0.2, 0.25) is 0 Å². The maximum Gasteiger partial charge on any atom is 0.416 e. The molecular formula is C13H16F3NO2. The number of alkyl halides is 3. The Kier molecular flexibility index (Phi) is 4.94. The maximum atomic E-state index is 12.9. The van der Waals surface area contributed by atoms with E-state index in [2.05, 4.69) is 0 Å². The van der Waals surface area contributed by atoms with Crippen LogP contribution in [0.25, 0.3) is 0 Å². The van der Waals surface area contributed by atoms with E-state index < -0.39 is 29.7 Å². The van der Waals surface area contributed by atoms with E-state index >= 15 is 0 Å². The monoisotopic (exact) mass is 275 g/mol. The van der Waals surface area contributed by atoms with Gasteiger partial charge in [-0.2, -0.15) is 13.2 Å². The molecule has 0 saturated carbocycles. The number of carbonyl (C=O) groups is 1. The summed E-state index contributed by atoms with van der Waals surface area (Å²) in [6, 6.07) is 4.05. The van der Waals surface area contributed by atoms with Crippen molar-refractivity contribution in [1.82, 2.24) is 0 Å². The first-order chi connectivity index (χ1) is 8.77. The van der Waals surface area contributed by atoms with Crippen molar-refractivity contribution in [3.63, 3.8) is 0 Å². The first-order valence-electron chi connectivity index (χ1n) is 5.91. The molecule has 0 aliphatic carbocycles. The van der Waals surface area contributed by atoms with Crippen LogP contribution in [0.4, 0.5) is 13.2 Å². The molecule has 1 aromatic carbocycles. The highest BCUT2D eigenvalue weighted by atomic mass is 19.4. The molecule has 0 aliphatic rings. The molecule has 0 aromatic heterocycles. The Balaban J connectivity index is 3.09. The van der Waals surface area contributed by atoms with Crippen LogP contribution in [0.3, 0.4) is 0 Å². The third-order valence-electron chi connectivity index (χ3n) is 3.05. The molecule has 0 heterocycles. The molecule has 6 heteroatoms. The SMILES string of the molecule is CCC(CC(N)C(=O)O)c1ccccc1C(F)(F)F. The molecule has 1 aromatic rings. The van der Waals surface area contributed by atoms with Gasteiger partial charge >= 0.3 is 12.1 Å². The van der Waals surface area contributed by atoms with Gasteiger partial charge in [0.1, 0.15) is 6.04 Å². The average molecular weight is 275 g/mol. The van der Waals surface area contributed by atoms with Gasteiger partial charge in [0.25, 0.3) is 0 Å². The quantitative estimate of drug-likeness (QED) is 0.868. The van der Waals surface area contributed by atoms with Crippen molar-refractivity contribution in [2.24, 2.45) is 5.73 Å². The summed E-state index contributed by atoms with van der Waals surface area (Å²) in [6.45, 7) is 1.71. The smallest absolute Gasteiger partial charge is 0.416 e. The fourth-order valence-corrected chi connectivity index (χ4v) is 2.03. The lowest BCUT2D eigenvalue weighted by Crippen LogP contribution is -2.32. The number of benzene rings is 1. The van der Waals surface area contributed by atoms with Crippen LogP contribution < -0.4 is 5.73 Å². The van der Waals surface area contributed by atoms with E-state index in [1.54, 1.807) is 6.92 Å². The maximum absolute atomic E-state index is 12.9. The van der Waals surface area contributed by atoms with E-state index in [0.29, 0.717) is 6.42 Å². The van der Waals surface area contributed by atoms with E-state index in [0.717, 1.165) is 6.07 Å². The lowest BCUT2D eigenvalue weighted by molar-refractivity contribution is -0.138. The average Bonchev–Trinajstić information content (AvgIpc) is 2.34. The first-order valence-corrected chi connectivity index (χ1v) is 5.91. The Hall–Kier alpha value is -1.56. The molecule has 1 rings (SSSR count). The van der Waals surface area contributed by atoms with Gasteiger partial charge in [-0.05, 0) is 30.4 Å². The predicted molar refractivity (Wildman–Crippen MR) is 64.7 cm³/mol. The molecule has 0 radical (unpaired) electrons. The molecule has 0 spiro atoms. The predicted octanol–water partition coefficient (Wildman–Crippen LogP) is 3.00. The second-order valence-corrected chi connectivity index (χ2v) is 4.37. The molecule has 2 unspecified atom stereocenters. The Morgan fingerprint density at radius 3 is 2.42 bits per heavy atom. The van der Waals surface area contributed by atoms with Crippen LogP contribution >= 0.6 is 0 Å². The summed E-state index contributed by atoms with van der Waals surface area (Å²) in [5.41, 5.74) is 4.79. The van der Waals surface area contributed by atoms with E-state index in [-0.39, 0.29) is 12.0 Å². The Morgan fingerprint density at radius 2 is 1.95 bits per heavy atom. The summed E-state index contributed by atoms with van der Waals surface area (Å²) >= 11 is 0. The van der Waals surface area contributed by atoms with Crippen molar-refractivity contribution < 1.29 is 23.1 Å². The van der Waals surface area contributed by atoms with Gasteiger partial charge in [-0.3, -0.25) is 4.79 Å². The van der Waals surface area contributed by atoms with Crippen molar-refractivity contribution in [2.75, 3.05) is 0 Å². The highest BCUT2D eigenvalue weighted by Gasteiger charge is 2.35. The minimum absolute atomic E-state index is 0.0150. The molecule has 0 amide bonds. The third-order valence-corrected chi connectivity index (χ3v) is 3.05. The number of carboxylic acid groups (broad SMARTS) is 1. The summed E-state index contributed by atoms with van der Waals surface area (Å²) in [7, 11) is 0. The summed E-state index contributed by atoms with van der Waals surface area (Å²) in [5.74, 6) is -1.73. The number of nitrogens with two attached hydrogens (primary N) is 1. The largest absolute Gasteiger partial charge is 0.480 e. The molecule has 106 valence electrons. The van der Waals surface area contributed by atoms with Crippen molar-refractivity contribution in [3.8, 4) is 0 Å². The molecule has 3 N–H and O–H groups in total. The van der Waals surface area contributed by atoms with Gasteiger partial charge in [-0.15, -0.1) is 0 Å². The number of halogens is 3. The van der Waals surface area contributed by atoms with E-state index in [9.17, 15) is 18.0 Å². The van der Waals surface area contributed by atoms with Crippen molar-refractivity contribution in [2.45, 2.75) is 37.9 Å². The highest BCUT2D eigenvalue weighted by Crippen LogP contribution is 2.37. The summed E-state index contributed by atoms with van der Waals surface area (Å²) < 4.78 is 38.7. The summed E-state index contributed by atoms with van der Waals surface area (Å²) in [6.07, 6.45) is -4.07. The summed E-state index contributed by atoms with van der Waals surface area (Å²) in [5, 5.41) is 8.76. The Labute approximate surface area is 109 Å². The molecule has 0 bridgehead atoms. The Bertz CT molecular complexity index is 446. The van der Waals surface area contributed by atoms with Gasteiger partial charge in [-0.25, -0.2) is 0 Å². The molecule has 2 atom stereocenters. The normalized spacial score (nSPS) is 15.0. The molecule has 3 nitrogen and oxygen atoms in total. The number of aliphatic carboxylic acids is 1. The fraction of sp³-hybridized carbons (Fsp3) is 0.462. The topological polar surface area (TPSA) is 63.3 Å². The van der Waals surface area contributed by atoms with Crippen LogP contribution in [-0.2, 0) is 11.0 Å². The van der Waals surface area contributed by atoms with Crippen molar-refractivity contribution >= 4 is 5.97 Å². The fourth-order valence-electron chi connectivity index (χ4n) is 2.03. The van der Waals surface area contributed by atoms with Gasteiger partial charge in [0.05, 0.1) is 5.56 Å². The van der Waals surface area contributed by atoms with Gasteiger partial charge in [0, 0.05) is 0 Å². The number of carboxylic acids is 1. The number of rotatable bonds is 5. The zero-order chi connectivity index (χ0) is 14.6. The summed E-state index contributed by atoms with van der Waals surface area (Å²) in [4.78, 5) is 10.7. The zero-order valence-corrected chi connectivity index (χ0v) is 10.4. The van der Waals surface area contributed by atoms with Gasteiger partial charge in [-0.1, -0.05) is 25.1 Å². The number of hydrogen-bond donors (Lipinski definition) is 2. The lowest BCUT2D eigenvalue weighted by Gasteiger charge is -2.22. The van der Waals surface area contributed by atoms with Gasteiger partial charge in [0.2, 0.25) is 0 Å². The molecule has 0 saturated heterocycles. The van der Waals surface area contributed by atoms with E-state index in [1.165, 1.54) is 18.2 Å². The van der Waals surface area contributed by atoms with Gasteiger partial charge in [0.15, 0.2) is 0 Å². The van der Waals surface area contributed by atoms with Crippen molar-refractivity contribution in [1.29, 1.82) is 0 Å². The molecule has 0 aliphatic heterocycles. The van der Waals surface area contributed by atoms with Crippen LogP contribution in [0.5, 0.6) is 0 Å². The van der Waals surface area contributed by atoms with Crippen LogP contribution in [0, 0.1) is 0 Å². The third kappa shape index (κ3) is 3.96. The number of hydrogen-bond acceptors (Lipinski definition) is 2. The Morgan fingerprint density at radius 1 is 1.37 bits per heavy atom. The van der Waals surface area contributed by atoms with Crippen LogP contribution in [0.1, 0.15) is 36.8 Å². The second-order valence-electron chi connectivity index (χ2n) is 4.37. The standard InChI is InChI=1S/C13H16F3NO2/c1-2-8(7-11(17)12(18)19)9-5-3-4-6-10(9)13(14,15)16/h3-6,8,11H,2,7,17H2,1H3,(H,18,19).